The van der Waals surface area contributed by atoms with Crippen molar-refractivity contribution in [2.24, 2.45) is 15.1 Å². The van der Waals surface area contributed by atoms with Gasteiger partial charge in [-0.2, -0.15) is 23.5 Å². The molecule has 0 atom stereocenters. The van der Waals surface area contributed by atoms with Gasteiger partial charge in [0.25, 0.3) is 6.79 Å². The van der Waals surface area contributed by atoms with Crippen LogP contribution in [-0.4, -0.2) is 154 Å². The molecular formula is C91H238N8O6S2. The lowest BCUT2D eigenvalue weighted by atomic mass is 10.0. The second kappa shape index (κ2) is 422. The van der Waals surface area contributed by atoms with Crippen LogP contribution in [0.2, 0.25) is 0 Å². The van der Waals surface area contributed by atoms with Crippen LogP contribution in [0.25, 0.3) is 0 Å². The Balaban J connectivity index is -0.0000000250. The molecule has 107 heavy (non-hydrogen) atoms. The molecule has 6 fully saturated rings. The summed E-state index contributed by atoms with van der Waals surface area (Å²) in [6.45, 7) is 125. The lowest BCUT2D eigenvalue weighted by Crippen LogP contribution is -2.39. The van der Waals surface area contributed by atoms with Gasteiger partial charge in [0.2, 0.25) is 6.40 Å². The molecule has 9 aliphatic rings. The van der Waals surface area contributed by atoms with E-state index in [1.165, 1.54) is 113 Å². The molecule has 1 saturated carbocycles. The summed E-state index contributed by atoms with van der Waals surface area (Å²) in [6, 6.07) is 0. The Morgan fingerprint density at radius 2 is 0.533 bits per heavy atom. The molecule has 5 saturated heterocycles. The van der Waals surface area contributed by atoms with Gasteiger partial charge in [0.1, 0.15) is 6.79 Å². The van der Waals surface area contributed by atoms with Crippen molar-refractivity contribution in [3.05, 3.63) is 0 Å². The summed E-state index contributed by atoms with van der Waals surface area (Å²) in [5.41, 5.74) is 0. The van der Waals surface area contributed by atoms with E-state index in [2.05, 4.69) is 74.8 Å². The van der Waals surface area contributed by atoms with E-state index in [0.29, 0.717) is 6.79 Å². The molecule has 0 aromatic rings. The van der Waals surface area contributed by atoms with Gasteiger partial charge in [0.05, 0.1) is 39.4 Å². The summed E-state index contributed by atoms with van der Waals surface area (Å²) >= 11 is 4.12. The number of thioether (sulfide) groups is 2. The number of morpholine rings is 1. The van der Waals surface area contributed by atoms with Crippen molar-refractivity contribution in [3.63, 3.8) is 0 Å². The second-order valence-corrected chi connectivity index (χ2v) is 15.1. The minimum Gasteiger partial charge on any atom is -0.483 e. The standard InChI is InChI=1S/C6H12.C5H11N.C4H10N2.C4H8N2.C4H9NO.C4H7NO.C4H8O2.C4H8S2.C2H3NO2.27C2H6/c2*1-2-4-6-5-3-1;1-2-6-4-3-5-1;1-2-5-4-6-3-1;1-3-6-4-2-5-1;3*1-2-5-4-6-3-1;1-3-5-2-4-1;27*1-2/h1-6H2;6H,1-5H2;5-6H,1-4H2;4H,1-3H2,(H,5,6);5H,1-4H2;4H,1-3H2;2*1-4H2;1H,2H2;27*1-2H3. The first-order valence-electron chi connectivity index (χ1n) is 47.3. The van der Waals surface area contributed by atoms with Crippen molar-refractivity contribution in [2.75, 3.05) is 135 Å². The molecule has 8 heterocycles. The van der Waals surface area contributed by atoms with Crippen LogP contribution in [0.15, 0.2) is 15.1 Å². The molecule has 5 N–H and O–H groups in total. The summed E-state index contributed by atoms with van der Waals surface area (Å²) in [7, 11) is 0. The van der Waals surface area contributed by atoms with E-state index in [4.69, 9.17) is 18.9 Å². The minimum atomic E-state index is 0.278. The molecule has 0 aromatic carbocycles. The fraction of sp³-hybridized carbons (Fsp3) is 0.967. The molecule has 0 unspecified atom stereocenters. The van der Waals surface area contributed by atoms with Gasteiger partial charge in [0, 0.05) is 70.4 Å². The molecule has 14 nitrogen and oxygen atoms in total. The van der Waals surface area contributed by atoms with Crippen molar-refractivity contribution in [1.29, 1.82) is 0 Å². The van der Waals surface area contributed by atoms with Crippen LogP contribution >= 0.6 is 23.5 Å². The molecule has 8 aliphatic heterocycles. The highest BCUT2D eigenvalue weighted by Crippen LogP contribution is 2.20. The number of aliphatic imine (C=N–C) groups is 2. The zero-order chi connectivity index (χ0) is 91.5. The predicted molar refractivity (Wildman–Crippen MR) is 531 cm³/mol. The first-order valence-corrected chi connectivity index (χ1v) is 49.6. The van der Waals surface area contributed by atoms with E-state index >= 15 is 0 Å². The summed E-state index contributed by atoms with van der Waals surface area (Å²) in [5.74, 6) is 2.79. The fourth-order valence-corrected chi connectivity index (χ4v) is 7.17. The molecule has 0 spiro atoms. The number of ether oxygens (including phenoxy) is 5. The summed E-state index contributed by atoms with van der Waals surface area (Å²) in [6.07, 6.45) is 22.5. The van der Waals surface area contributed by atoms with Gasteiger partial charge in [-0.1, -0.05) is 424 Å². The number of hydrogen-bond acceptors (Lipinski definition) is 16. The summed E-state index contributed by atoms with van der Waals surface area (Å²) in [5, 5.41) is 20.5. The highest BCUT2D eigenvalue weighted by atomic mass is 32.2. The number of piperidine rings is 1. The normalized spacial score (nSPS) is 12.7. The monoisotopic (exact) mass is 1600 g/mol. The van der Waals surface area contributed by atoms with Gasteiger partial charge in [-0.25, -0.2) is 0 Å². The predicted octanol–water partition coefficient (Wildman–Crippen LogP) is 32.2. The van der Waals surface area contributed by atoms with Crippen LogP contribution in [0.3, 0.4) is 0 Å². The second-order valence-electron chi connectivity index (χ2n) is 12.6. The summed E-state index contributed by atoms with van der Waals surface area (Å²) in [4.78, 5) is 12.1. The van der Waals surface area contributed by atoms with E-state index in [1.807, 2.05) is 374 Å². The molecular weight excluding hydrogens is 1370 g/mol. The largest absolute Gasteiger partial charge is 0.483 e. The van der Waals surface area contributed by atoms with E-state index in [0.717, 1.165) is 105 Å². The van der Waals surface area contributed by atoms with E-state index in [9.17, 15) is 0 Å². The number of rotatable bonds is 0. The molecule has 0 bridgehead atoms. The molecule has 16 heteroatoms. The molecule has 690 valence electrons. The van der Waals surface area contributed by atoms with Gasteiger partial charge in [-0.15, -0.1) is 0 Å². The lowest BCUT2D eigenvalue weighted by molar-refractivity contribution is -0.0963. The quantitative estimate of drug-likeness (QED) is 0.157. The molecule has 1 aliphatic carbocycles. The molecule has 9 rings (SSSR count). The van der Waals surface area contributed by atoms with Crippen molar-refractivity contribution in [3.8, 4) is 0 Å². The molecule has 0 aromatic heterocycles. The fourth-order valence-electron chi connectivity index (χ4n) is 4.88. The van der Waals surface area contributed by atoms with Crippen LogP contribution in [0.4, 0.5) is 0 Å². The Morgan fingerprint density at radius 1 is 0.234 bits per heavy atom. The van der Waals surface area contributed by atoms with Crippen LogP contribution in [0.1, 0.15) is 457 Å². The number of oxime groups is 1. The lowest BCUT2D eigenvalue weighted by Gasteiger charge is -2.11. The maximum Gasteiger partial charge on any atom is 0.257 e. The van der Waals surface area contributed by atoms with Crippen molar-refractivity contribution < 1.29 is 28.5 Å². The summed E-state index contributed by atoms with van der Waals surface area (Å²) < 4.78 is 23.9. The van der Waals surface area contributed by atoms with Gasteiger partial charge in [0.15, 0.2) is 6.40 Å². The maximum absolute atomic E-state index is 5.01. The van der Waals surface area contributed by atoms with E-state index in [1.54, 1.807) is 6.34 Å². The molecule has 0 radical (unpaired) electrons. The van der Waals surface area contributed by atoms with Crippen LogP contribution in [0.5, 0.6) is 0 Å². The number of nitrogens with one attached hydrogen (secondary N) is 5. The first-order chi connectivity index (χ1) is 53.5. The van der Waals surface area contributed by atoms with Crippen LogP contribution in [-0.2, 0) is 28.5 Å². The zero-order valence-corrected chi connectivity index (χ0v) is 88.5. The molecule has 0 amide bonds. The first kappa shape index (κ1) is 187. The number of hydrogen-bond donors (Lipinski definition) is 5. The van der Waals surface area contributed by atoms with Crippen molar-refractivity contribution in [1.82, 2.24) is 26.6 Å². The zero-order valence-electron chi connectivity index (χ0n) is 86.9. The average molecular weight is 1610 g/mol. The smallest absolute Gasteiger partial charge is 0.257 e. The SMILES string of the molecule is C1=NCCCN1.C1=NCCCO1.C1=NOCO1.C1CCCCC1.C1CCNCC1.C1CNCCN1.C1COCCN1.C1COCOC1.C1CSCSC1.CC.CC.CC.CC.CC.CC.CC.CC.CC.CC.CC.CC.CC.CC.CC.CC.CC.CC.CC.CC.CC.CC.CC.CC.CC.CC.CC. The van der Waals surface area contributed by atoms with Crippen LogP contribution < -0.4 is 26.6 Å². The third kappa shape index (κ3) is 413. The Labute approximate surface area is 701 Å². The van der Waals surface area contributed by atoms with Gasteiger partial charge in [-0.3, -0.25) is 9.98 Å². The van der Waals surface area contributed by atoms with Crippen molar-refractivity contribution in [2.45, 2.75) is 457 Å². The van der Waals surface area contributed by atoms with E-state index < -0.39 is 0 Å². The minimum absolute atomic E-state index is 0.278. The Morgan fingerprint density at radius 3 is 0.617 bits per heavy atom. The maximum atomic E-state index is 5.01. The van der Waals surface area contributed by atoms with Gasteiger partial charge >= 0.3 is 0 Å². The Bertz CT molecular complexity index is 588. The highest BCUT2D eigenvalue weighted by molar-refractivity contribution is 8.16. The third-order valence-corrected chi connectivity index (χ3v) is 10.3. The van der Waals surface area contributed by atoms with Gasteiger partial charge < -0.3 is 55.1 Å². The Kier molecular flexibility index (Phi) is 737. The average Bonchev–Trinajstić information content (AvgIpc) is 4.55. The highest BCUT2D eigenvalue weighted by Gasteiger charge is 1.98. The third-order valence-electron chi connectivity index (χ3n) is 7.80. The van der Waals surface area contributed by atoms with E-state index in [-0.39, 0.29) is 6.79 Å². The van der Waals surface area contributed by atoms with Crippen molar-refractivity contribution >= 4 is 42.7 Å². The topological polar surface area (TPSA) is 153 Å². The Hall–Kier alpha value is -1.37. The van der Waals surface area contributed by atoms with Gasteiger partial charge in [-0.05, 0) is 56.7 Å². The number of piperazine rings is 1. The van der Waals surface area contributed by atoms with Crippen LogP contribution in [0, 0.1) is 0 Å². The number of nitrogens with zero attached hydrogens (tertiary/aromatic N) is 3.